The second-order valence-electron chi connectivity index (χ2n) is 6.62. The third-order valence-electron chi connectivity index (χ3n) is 4.41. The van der Waals surface area contributed by atoms with Crippen molar-refractivity contribution >= 4 is 17.5 Å². The van der Waals surface area contributed by atoms with Crippen LogP contribution in [0.2, 0.25) is 0 Å². The lowest BCUT2D eigenvalue weighted by Gasteiger charge is -2.22. The van der Waals surface area contributed by atoms with Crippen LogP contribution >= 0.6 is 0 Å². The van der Waals surface area contributed by atoms with Crippen LogP contribution in [0, 0.1) is 0 Å². The Morgan fingerprint density at radius 1 is 1.14 bits per heavy atom. The summed E-state index contributed by atoms with van der Waals surface area (Å²) in [5, 5.41) is 2.64. The summed E-state index contributed by atoms with van der Waals surface area (Å²) in [6, 6.07) is 13.3. The molecule has 0 aromatic heterocycles. The Bertz CT molecular complexity index is 839. The highest BCUT2D eigenvalue weighted by Crippen LogP contribution is 2.29. The first-order chi connectivity index (χ1) is 13.4. The van der Waals surface area contributed by atoms with Crippen molar-refractivity contribution < 1.29 is 23.1 Å². The van der Waals surface area contributed by atoms with Crippen molar-refractivity contribution in [1.29, 1.82) is 0 Å². The molecule has 2 aromatic carbocycles. The Hall–Kier alpha value is -3.00. The number of benzene rings is 2. The summed E-state index contributed by atoms with van der Waals surface area (Å²) in [4.78, 5) is 25.7. The summed E-state index contributed by atoms with van der Waals surface area (Å²) < 4.78 is 29.5. The zero-order chi connectivity index (χ0) is 20.1. The number of nitrogens with two attached hydrogens (primary N) is 1. The van der Waals surface area contributed by atoms with Gasteiger partial charge in [-0.1, -0.05) is 24.3 Å². The number of hydrogen-bond acceptors (Lipinski definition) is 4. The van der Waals surface area contributed by atoms with Gasteiger partial charge in [0.25, 0.3) is 0 Å². The van der Waals surface area contributed by atoms with E-state index >= 15 is 0 Å². The van der Waals surface area contributed by atoms with Crippen molar-refractivity contribution in [2.45, 2.75) is 32.0 Å². The zero-order valence-electron chi connectivity index (χ0n) is 15.1. The minimum atomic E-state index is -2.97. The fourth-order valence-corrected chi connectivity index (χ4v) is 2.91. The number of halogens is 2. The third kappa shape index (κ3) is 5.50. The topological polar surface area (TPSA) is 84.7 Å². The van der Waals surface area contributed by atoms with Crippen molar-refractivity contribution in [2.75, 3.05) is 11.9 Å². The average Bonchev–Trinajstić information content (AvgIpc) is 3.48. The summed E-state index contributed by atoms with van der Waals surface area (Å²) in [5.74, 6) is -0.883. The molecule has 1 saturated carbocycles. The lowest BCUT2D eigenvalue weighted by atomic mass is 10.1. The smallest absolute Gasteiger partial charge is 0.387 e. The molecule has 28 heavy (non-hydrogen) atoms. The number of hydrogen-bond donors (Lipinski definition) is 2. The Kier molecular flexibility index (Phi) is 6.20. The number of primary amides is 1. The number of para-hydroxylation sites is 2. The van der Waals surface area contributed by atoms with E-state index in [0.717, 1.165) is 18.4 Å². The summed E-state index contributed by atoms with van der Waals surface area (Å²) in [7, 11) is 0. The zero-order valence-corrected chi connectivity index (χ0v) is 15.1. The molecule has 2 aromatic rings. The highest BCUT2D eigenvalue weighted by Gasteiger charge is 2.30. The van der Waals surface area contributed by atoms with Gasteiger partial charge in [-0.15, -0.1) is 0 Å². The predicted molar refractivity (Wildman–Crippen MR) is 100 cm³/mol. The minimum Gasteiger partial charge on any atom is -0.433 e. The quantitative estimate of drug-likeness (QED) is 0.691. The van der Waals surface area contributed by atoms with Crippen LogP contribution in [0.15, 0.2) is 48.5 Å². The maximum atomic E-state index is 12.5. The van der Waals surface area contributed by atoms with E-state index in [9.17, 15) is 18.4 Å². The molecule has 2 amide bonds. The van der Waals surface area contributed by atoms with Crippen LogP contribution in [-0.2, 0) is 11.3 Å². The van der Waals surface area contributed by atoms with Crippen molar-refractivity contribution in [2.24, 2.45) is 5.73 Å². The van der Waals surface area contributed by atoms with Crippen LogP contribution in [0.5, 0.6) is 5.75 Å². The number of amides is 2. The van der Waals surface area contributed by atoms with Gasteiger partial charge < -0.3 is 15.8 Å². The SMILES string of the molecule is NC(=O)c1ccc(CN(CC(=O)Nc2ccccc2OC(F)F)C2CC2)cc1. The maximum Gasteiger partial charge on any atom is 0.387 e. The molecule has 0 radical (unpaired) electrons. The third-order valence-corrected chi connectivity index (χ3v) is 4.41. The van der Waals surface area contributed by atoms with Crippen LogP contribution in [0.25, 0.3) is 0 Å². The number of nitrogens with zero attached hydrogens (tertiary/aromatic N) is 1. The highest BCUT2D eigenvalue weighted by molar-refractivity contribution is 5.94. The van der Waals surface area contributed by atoms with E-state index in [-0.39, 0.29) is 23.9 Å². The van der Waals surface area contributed by atoms with Crippen LogP contribution in [0.1, 0.15) is 28.8 Å². The Balaban J connectivity index is 1.63. The molecular formula is C20H21F2N3O3. The minimum absolute atomic E-state index is 0.0779. The van der Waals surface area contributed by atoms with Gasteiger partial charge in [0.2, 0.25) is 11.8 Å². The van der Waals surface area contributed by atoms with Gasteiger partial charge in [0.1, 0.15) is 5.75 Å². The number of ether oxygens (including phenoxy) is 1. The molecule has 0 unspecified atom stereocenters. The Morgan fingerprint density at radius 2 is 1.82 bits per heavy atom. The number of anilines is 1. The van der Waals surface area contributed by atoms with Crippen molar-refractivity contribution in [3.05, 3.63) is 59.7 Å². The van der Waals surface area contributed by atoms with Gasteiger partial charge in [0.05, 0.1) is 12.2 Å². The molecule has 0 atom stereocenters. The Labute approximate surface area is 161 Å². The standard InChI is InChI=1S/C20H21F2N3O3/c21-20(22)28-17-4-2-1-3-16(17)24-18(26)12-25(15-9-10-15)11-13-5-7-14(8-6-13)19(23)27/h1-8,15,20H,9-12H2,(H2,23,27)(H,24,26). The molecule has 0 heterocycles. The number of rotatable bonds is 9. The van der Waals surface area contributed by atoms with E-state index in [1.165, 1.54) is 12.1 Å². The van der Waals surface area contributed by atoms with Crippen molar-refractivity contribution in [3.8, 4) is 5.75 Å². The van der Waals surface area contributed by atoms with Gasteiger partial charge in [-0.2, -0.15) is 8.78 Å². The molecule has 6 nitrogen and oxygen atoms in total. The number of carbonyl (C=O) groups is 2. The van der Waals surface area contributed by atoms with E-state index in [4.69, 9.17) is 5.73 Å². The van der Waals surface area contributed by atoms with Crippen molar-refractivity contribution in [3.63, 3.8) is 0 Å². The molecule has 1 aliphatic carbocycles. The monoisotopic (exact) mass is 389 g/mol. The van der Waals surface area contributed by atoms with Gasteiger partial charge in [-0.05, 0) is 42.7 Å². The molecule has 0 spiro atoms. The van der Waals surface area contributed by atoms with E-state index < -0.39 is 12.5 Å². The summed E-state index contributed by atoms with van der Waals surface area (Å²) in [5.41, 5.74) is 6.82. The molecule has 3 rings (SSSR count). The van der Waals surface area contributed by atoms with Gasteiger partial charge in [-0.25, -0.2) is 0 Å². The number of carbonyl (C=O) groups excluding carboxylic acids is 2. The van der Waals surface area contributed by atoms with E-state index in [1.54, 1.807) is 36.4 Å². The first-order valence-electron chi connectivity index (χ1n) is 8.89. The second-order valence-corrected chi connectivity index (χ2v) is 6.62. The van der Waals surface area contributed by atoms with Crippen LogP contribution < -0.4 is 15.8 Å². The molecule has 148 valence electrons. The lowest BCUT2D eigenvalue weighted by molar-refractivity contribution is -0.117. The molecule has 8 heteroatoms. The van der Waals surface area contributed by atoms with Gasteiger partial charge in [0, 0.05) is 18.2 Å². The van der Waals surface area contributed by atoms with Gasteiger partial charge in [0.15, 0.2) is 0 Å². The number of nitrogens with one attached hydrogen (secondary N) is 1. The number of alkyl halides is 2. The first-order valence-corrected chi connectivity index (χ1v) is 8.89. The summed E-state index contributed by atoms with van der Waals surface area (Å²) in [6.07, 6.45) is 2.00. The lowest BCUT2D eigenvalue weighted by Crippen LogP contribution is -2.34. The van der Waals surface area contributed by atoms with Crippen LogP contribution in [0.3, 0.4) is 0 Å². The van der Waals surface area contributed by atoms with Crippen LogP contribution in [-0.4, -0.2) is 35.9 Å². The van der Waals surface area contributed by atoms with E-state index in [1.807, 2.05) is 4.90 Å². The Morgan fingerprint density at radius 3 is 2.43 bits per heavy atom. The van der Waals surface area contributed by atoms with Crippen molar-refractivity contribution in [1.82, 2.24) is 4.90 Å². The molecule has 3 N–H and O–H groups in total. The molecule has 0 aliphatic heterocycles. The normalized spacial score (nSPS) is 13.6. The molecule has 1 fully saturated rings. The van der Waals surface area contributed by atoms with Gasteiger partial charge >= 0.3 is 6.61 Å². The second kappa shape index (κ2) is 8.79. The molecular weight excluding hydrogens is 368 g/mol. The fraction of sp³-hybridized carbons (Fsp3) is 0.300. The molecule has 0 saturated heterocycles. The summed E-state index contributed by atoms with van der Waals surface area (Å²) >= 11 is 0. The van der Waals surface area contributed by atoms with Gasteiger partial charge in [-0.3, -0.25) is 14.5 Å². The predicted octanol–water partition coefficient (Wildman–Crippen LogP) is 2.99. The van der Waals surface area contributed by atoms with Crippen LogP contribution in [0.4, 0.5) is 14.5 Å². The van der Waals surface area contributed by atoms with E-state index in [2.05, 4.69) is 10.1 Å². The maximum absolute atomic E-state index is 12.5. The molecule has 0 bridgehead atoms. The summed E-state index contributed by atoms with van der Waals surface area (Å²) in [6.45, 7) is -2.32. The van der Waals surface area contributed by atoms with E-state index in [0.29, 0.717) is 18.2 Å². The highest BCUT2D eigenvalue weighted by atomic mass is 19.3. The first kappa shape index (κ1) is 19.8. The fourth-order valence-electron chi connectivity index (χ4n) is 2.91. The largest absolute Gasteiger partial charge is 0.433 e. The molecule has 1 aliphatic rings. The average molecular weight is 389 g/mol.